The fraction of sp³-hybridized carbons (Fsp3) is 1.00. The molecule has 1 rings (SSSR count). The van der Waals surface area contributed by atoms with Gasteiger partial charge in [-0.25, -0.2) is 0 Å². The quantitative estimate of drug-likeness (QED) is 0.722. The van der Waals surface area contributed by atoms with Crippen molar-refractivity contribution in [2.24, 2.45) is 0 Å². The van der Waals surface area contributed by atoms with Gasteiger partial charge in [-0.3, -0.25) is 4.90 Å². The van der Waals surface area contributed by atoms with E-state index in [-0.39, 0.29) is 0 Å². The van der Waals surface area contributed by atoms with Crippen molar-refractivity contribution in [1.82, 2.24) is 10.2 Å². The Morgan fingerprint density at radius 3 is 2.67 bits per heavy atom. The van der Waals surface area contributed by atoms with Gasteiger partial charge in [0, 0.05) is 32.3 Å². The summed E-state index contributed by atoms with van der Waals surface area (Å²) in [7, 11) is 1.80. The van der Waals surface area contributed by atoms with E-state index in [2.05, 4.69) is 24.1 Å². The maximum atomic E-state index is 5.26. The van der Waals surface area contributed by atoms with Crippen LogP contribution in [0, 0.1) is 0 Å². The van der Waals surface area contributed by atoms with Crippen molar-refractivity contribution in [2.45, 2.75) is 64.5 Å². The normalized spacial score (nSPS) is 21.5. The molecule has 1 unspecified atom stereocenters. The molecule has 108 valence electrons. The zero-order chi connectivity index (χ0) is 13.2. The number of rotatable bonds is 8. The average molecular weight is 256 g/mol. The van der Waals surface area contributed by atoms with Crippen LogP contribution in [0.3, 0.4) is 0 Å². The first-order valence-corrected chi connectivity index (χ1v) is 7.78. The Hall–Kier alpha value is -0.120. The smallest absolute Gasteiger partial charge is 0.0589 e. The summed E-state index contributed by atoms with van der Waals surface area (Å²) >= 11 is 0. The zero-order valence-electron chi connectivity index (χ0n) is 12.6. The molecular weight excluding hydrogens is 224 g/mol. The first-order chi connectivity index (χ1) is 8.81. The fourth-order valence-corrected chi connectivity index (χ4v) is 2.98. The number of methoxy groups -OCH3 is 1. The minimum absolute atomic E-state index is 0.685. The third-order valence-electron chi connectivity index (χ3n) is 4.16. The minimum Gasteiger partial charge on any atom is -0.383 e. The van der Waals surface area contributed by atoms with Gasteiger partial charge in [0.15, 0.2) is 0 Å². The van der Waals surface area contributed by atoms with Crippen LogP contribution >= 0.6 is 0 Å². The van der Waals surface area contributed by atoms with Crippen LogP contribution in [0.15, 0.2) is 0 Å². The second kappa shape index (κ2) is 9.76. The predicted molar refractivity (Wildman–Crippen MR) is 78.1 cm³/mol. The molecule has 1 atom stereocenters. The van der Waals surface area contributed by atoms with Gasteiger partial charge in [-0.05, 0) is 32.2 Å². The van der Waals surface area contributed by atoms with Gasteiger partial charge in [0.25, 0.3) is 0 Å². The van der Waals surface area contributed by atoms with E-state index < -0.39 is 0 Å². The van der Waals surface area contributed by atoms with Gasteiger partial charge in [0.2, 0.25) is 0 Å². The molecule has 1 N–H and O–H groups in total. The molecule has 1 heterocycles. The van der Waals surface area contributed by atoms with E-state index in [1.54, 1.807) is 7.11 Å². The molecule has 0 spiro atoms. The van der Waals surface area contributed by atoms with E-state index in [4.69, 9.17) is 4.74 Å². The molecule has 1 aliphatic rings. The molecule has 0 aromatic heterocycles. The highest BCUT2D eigenvalue weighted by molar-refractivity contribution is 4.78. The van der Waals surface area contributed by atoms with Gasteiger partial charge in [0.05, 0.1) is 6.61 Å². The van der Waals surface area contributed by atoms with E-state index in [9.17, 15) is 0 Å². The van der Waals surface area contributed by atoms with Gasteiger partial charge < -0.3 is 10.1 Å². The molecule has 1 saturated heterocycles. The molecule has 0 aliphatic carbocycles. The average Bonchev–Trinajstić information content (AvgIpc) is 2.65. The summed E-state index contributed by atoms with van der Waals surface area (Å²) in [6.45, 7) is 8.91. The highest BCUT2D eigenvalue weighted by Gasteiger charge is 2.20. The number of ether oxygens (including phenoxy) is 1. The second-order valence-electron chi connectivity index (χ2n) is 5.46. The summed E-state index contributed by atoms with van der Waals surface area (Å²) in [5, 5.41) is 3.71. The monoisotopic (exact) mass is 256 g/mol. The van der Waals surface area contributed by atoms with Crippen molar-refractivity contribution in [3.63, 3.8) is 0 Å². The van der Waals surface area contributed by atoms with Gasteiger partial charge in [0.1, 0.15) is 0 Å². The van der Waals surface area contributed by atoms with Crippen molar-refractivity contribution in [3.05, 3.63) is 0 Å². The fourth-order valence-electron chi connectivity index (χ4n) is 2.98. The summed E-state index contributed by atoms with van der Waals surface area (Å²) in [5.74, 6) is 0. The van der Waals surface area contributed by atoms with E-state index >= 15 is 0 Å². The third kappa shape index (κ3) is 5.68. The van der Waals surface area contributed by atoms with Crippen molar-refractivity contribution in [2.75, 3.05) is 33.4 Å². The molecular formula is C15H32N2O. The Bertz CT molecular complexity index is 187. The lowest BCUT2D eigenvalue weighted by molar-refractivity contribution is 0.106. The number of hydrogen-bond donors (Lipinski definition) is 1. The first-order valence-electron chi connectivity index (χ1n) is 7.78. The van der Waals surface area contributed by atoms with E-state index in [1.165, 1.54) is 51.6 Å². The summed E-state index contributed by atoms with van der Waals surface area (Å²) in [6.07, 6.45) is 7.95. The van der Waals surface area contributed by atoms with Crippen molar-refractivity contribution in [3.8, 4) is 0 Å². The molecule has 1 aliphatic heterocycles. The molecule has 3 nitrogen and oxygen atoms in total. The summed E-state index contributed by atoms with van der Waals surface area (Å²) < 4.78 is 5.26. The summed E-state index contributed by atoms with van der Waals surface area (Å²) in [6, 6.07) is 1.40. The molecule has 1 fully saturated rings. The Balaban J connectivity index is 2.46. The first kappa shape index (κ1) is 15.9. The number of nitrogens with one attached hydrogen (secondary N) is 1. The third-order valence-corrected chi connectivity index (χ3v) is 4.16. The maximum Gasteiger partial charge on any atom is 0.0589 e. The van der Waals surface area contributed by atoms with Crippen LogP contribution in [0.2, 0.25) is 0 Å². The summed E-state index contributed by atoms with van der Waals surface area (Å²) in [4.78, 5) is 2.63. The van der Waals surface area contributed by atoms with Crippen molar-refractivity contribution >= 4 is 0 Å². The molecule has 0 aromatic rings. The second-order valence-corrected chi connectivity index (χ2v) is 5.46. The van der Waals surface area contributed by atoms with Crippen LogP contribution in [0.1, 0.15) is 52.4 Å². The van der Waals surface area contributed by atoms with Crippen LogP contribution in [0.4, 0.5) is 0 Å². The Morgan fingerprint density at radius 2 is 2.00 bits per heavy atom. The van der Waals surface area contributed by atoms with Gasteiger partial charge in [-0.2, -0.15) is 0 Å². The van der Waals surface area contributed by atoms with Crippen LogP contribution in [0.5, 0.6) is 0 Å². The Morgan fingerprint density at radius 1 is 1.22 bits per heavy atom. The molecule has 0 aromatic carbocycles. The molecule has 0 saturated carbocycles. The lowest BCUT2D eigenvalue weighted by atomic mass is 10.1. The molecule has 0 amide bonds. The van der Waals surface area contributed by atoms with Crippen LogP contribution in [0.25, 0.3) is 0 Å². The predicted octanol–water partition coefficient (Wildman–Crippen LogP) is 2.66. The highest BCUT2D eigenvalue weighted by Crippen LogP contribution is 2.14. The molecule has 3 heteroatoms. The standard InChI is InChI=1S/C15H32N2O/c1-4-15(5-2)17(11-12-18-3)13-14-9-7-6-8-10-16-14/h14-16H,4-13H2,1-3H3. The zero-order valence-corrected chi connectivity index (χ0v) is 12.6. The summed E-state index contributed by atoms with van der Waals surface area (Å²) in [5.41, 5.74) is 0. The number of hydrogen-bond acceptors (Lipinski definition) is 3. The molecule has 18 heavy (non-hydrogen) atoms. The lowest BCUT2D eigenvalue weighted by Crippen LogP contribution is -2.46. The van der Waals surface area contributed by atoms with E-state index in [0.717, 1.165) is 13.2 Å². The topological polar surface area (TPSA) is 24.5 Å². The minimum atomic E-state index is 0.685. The Labute approximate surface area is 113 Å². The SMILES string of the molecule is CCC(CC)N(CCOC)CC1CCCCCN1. The van der Waals surface area contributed by atoms with E-state index in [0.29, 0.717) is 12.1 Å². The molecule has 0 radical (unpaired) electrons. The van der Waals surface area contributed by atoms with Gasteiger partial charge in [-0.15, -0.1) is 0 Å². The lowest BCUT2D eigenvalue weighted by Gasteiger charge is -2.33. The maximum absolute atomic E-state index is 5.26. The van der Waals surface area contributed by atoms with Crippen LogP contribution < -0.4 is 5.32 Å². The number of nitrogens with zero attached hydrogens (tertiary/aromatic N) is 1. The van der Waals surface area contributed by atoms with Crippen LogP contribution in [-0.4, -0.2) is 50.3 Å². The van der Waals surface area contributed by atoms with Gasteiger partial charge >= 0.3 is 0 Å². The Kier molecular flexibility index (Phi) is 8.64. The largest absolute Gasteiger partial charge is 0.383 e. The van der Waals surface area contributed by atoms with Crippen molar-refractivity contribution in [1.29, 1.82) is 0 Å². The van der Waals surface area contributed by atoms with Crippen molar-refractivity contribution < 1.29 is 4.74 Å². The van der Waals surface area contributed by atoms with Gasteiger partial charge in [-0.1, -0.05) is 26.7 Å². The van der Waals surface area contributed by atoms with E-state index in [1.807, 2.05) is 0 Å². The van der Waals surface area contributed by atoms with Crippen LogP contribution in [-0.2, 0) is 4.74 Å². The highest BCUT2D eigenvalue weighted by atomic mass is 16.5. The molecule has 0 bridgehead atoms.